The minimum atomic E-state index is -0.984. The van der Waals surface area contributed by atoms with Gasteiger partial charge in [-0.2, -0.15) is 4.99 Å². The molecule has 0 radical (unpaired) electrons. The van der Waals surface area contributed by atoms with Crippen LogP contribution in [-0.2, 0) is 16.1 Å². The molecule has 0 spiro atoms. The van der Waals surface area contributed by atoms with E-state index in [0.717, 1.165) is 5.56 Å². The summed E-state index contributed by atoms with van der Waals surface area (Å²) >= 11 is 0. The first-order chi connectivity index (χ1) is 9.49. The highest BCUT2D eigenvalue weighted by Gasteiger charge is 2.35. The van der Waals surface area contributed by atoms with Crippen LogP contribution in [0.3, 0.4) is 0 Å². The van der Waals surface area contributed by atoms with Crippen LogP contribution in [-0.4, -0.2) is 34.6 Å². The van der Waals surface area contributed by atoms with Crippen molar-refractivity contribution in [1.29, 1.82) is 5.41 Å². The Balaban J connectivity index is 2.29. The van der Waals surface area contributed by atoms with Gasteiger partial charge in [-0.3, -0.25) is 20.3 Å². The van der Waals surface area contributed by atoms with E-state index < -0.39 is 11.9 Å². The van der Waals surface area contributed by atoms with Gasteiger partial charge in [0.25, 0.3) is 5.91 Å². The molecule has 1 atom stereocenters. The van der Waals surface area contributed by atoms with Gasteiger partial charge < -0.3 is 10.6 Å². The lowest BCUT2D eigenvalue weighted by molar-refractivity contribution is -0.136. The SMILES string of the molecule is CC(=O)N(Cc1ccccc1)C1C(=O)NC(=N)N=C1N. The van der Waals surface area contributed by atoms with Crippen LogP contribution in [0.1, 0.15) is 12.5 Å². The lowest BCUT2D eigenvalue weighted by Gasteiger charge is -2.31. The largest absolute Gasteiger partial charge is 0.385 e. The van der Waals surface area contributed by atoms with Crippen molar-refractivity contribution in [3.63, 3.8) is 0 Å². The Morgan fingerprint density at radius 3 is 2.65 bits per heavy atom. The summed E-state index contributed by atoms with van der Waals surface area (Å²) in [6.07, 6.45) is 0. The van der Waals surface area contributed by atoms with E-state index in [9.17, 15) is 9.59 Å². The number of carbonyl (C=O) groups excluding carboxylic acids is 2. The van der Waals surface area contributed by atoms with E-state index in [2.05, 4.69) is 10.3 Å². The number of aliphatic imine (C=N–C) groups is 1. The van der Waals surface area contributed by atoms with Crippen molar-refractivity contribution >= 4 is 23.6 Å². The van der Waals surface area contributed by atoms with Gasteiger partial charge >= 0.3 is 0 Å². The van der Waals surface area contributed by atoms with Crippen molar-refractivity contribution in [2.45, 2.75) is 19.5 Å². The third-order valence-electron chi connectivity index (χ3n) is 2.92. The minimum Gasteiger partial charge on any atom is -0.385 e. The molecule has 4 N–H and O–H groups in total. The highest BCUT2D eigenvalue weighted by molar-refractivity contribution is 6.19. The van der Waals surface area contributed by atoms with Crippen molar-refractivity contribution in [2.75, 3.05) is 0 Å². The van der Waals surface area contributed by atoms with E-state index in [-0.39, 0.29) is 24.2 Å². The molecule has 1 aromatic carbocycles. The molecule has 0 bridgehead atoms. The topological polar surface area (TPSA) is 112 Å². The number of benzene rings is 1. The molecule has 1 aliphatic heterocycles. The van der Waals surface area contributed by atoms with Crippen LogP contribution < -0.4 is 11.1 Å². The molecule has 1 unspecified atom stereocenters. The Bertz CT molecular complexity index is 582. The zero-order chi connectivity index (χ0) is 14.7. The number of rotatable bonds is 3. The number of nitrogens with zero attached hydrogens (tertiary/aromatic N) is 2. The summed E-state index contributed by atoms with van der Waals surface area (Å²) in [6.45, 7) is 1.61. The van der Waals surface area contributed by atoms with Gasteiger partial charge in [-0.05, 0) is 5.56 Å². The van der Waals surface area contributed by atoms with Gasteiger partial charge in [0.2, 0.25) is 11.9 Å². The highest BCUT2D eigenvalue weighted by Crippen LogP contribution is 2.11. The predicted molar refractivity (Wildman–Crippen MR) is 73.9 cm³/mol. The first kappa shape index (κ1) is 13.7. The number of guanidine groups is 1. The molecular weight excluding hydrogens is 258 g/mol. The quantitative estimate of drug-likeness (QED) is 0.710. The molecule has 7 nitrogen and oxygen atoms in total. The standard InChI is InChI=1S/C13H15N5O2/c1-8(19)18(7-9-5-3-2-4-6-9)10-11(14)16-13(15)17-12(10)20/h2-6,10H,7H2,1H3,(H4,14,15,16,17,20). The summed E-state index contributed by atoms with van der Waals surface area (Å²) in [4.78, 5) is 28.8. The summed E-state index contributed by atoms with van der Waals surface area (Å²) < 4.78 is 0. The van der Waals surface area contributed by atoms with E-state index in [4.69, 9.17) is 11.1 Å². The van der Waals surface area contributed by atoms with E-state index in [1.54, 1.807) is 0 Å². The molecule has 2 amide bonds. The average Bonchev–Trinajstić information content (AvgIpc) is 2.37. The molecule has 0 fully saturated rings. The van der Waals surface area contributed by atoms with Crippen LogP contribution in [0.2, 0.25) is 0 Å². The normalized spacial score (nSPS) is 18.2. The molecular formula is C13H15N5O2. The lowest BCUT2D eigenvalue weighted by atomic mass is 10.1. The maximum Gasteiger partial charge on any atom is 0.257 e. The number of amides is 2. The summed E-state index contributed by atoms with van der Waals surface area (Å²) in [5.41, 5.74) is 6.59. The fraction of sp³-hybridized carbons (Fsp3) is 0.231. The maximum atomic E-state index is 11.9. The summed E-state index contributed by atoms with van der Waals surface area (Å²) in [5.74, 6) is -1.17. The first-order valence-electron chi connectivity index (χ1n) is 6.03. The van der Waals surface area contributed by atoms with Crippen LogP contribution in [0.4, 0.5) is 0 Å². The van der Waals surface area contributed by atoms with Crippen LogP contribution in [0.25, 0.3) is 0 Å². The Labute approximate surface area is 116 Å². The fourth-order valence-corrected chi connectivity index (χ4v) is 2.00. The molecule has 1 aromatic rings. The van der Waals surface area contributed by atoms with Crippen LogP contribution in [0, 0.1) is 5.41 Å². The minimum absolute atomic E-state index is 0.0510. The van der Waals surface area contributed by atoms with Gasteiger partial charge in [0.05, 0.1) is 0 Å². The van der Waals surface area contributed by atoms with Gasteiger partial charge in [-0.25, -0.2) is 0 Å². The highest BCUT2D eigenvalue weighted by atomic mass is 16.2. The van der Waals surface area contributed by atoms with Crippen molar-refractivity contribution in [2.24, 2.45) is 10.7 Å². The fourth-order valence-electron chi connectivity index (χ4n) is 2.00. The molecule has 0 saturated carbocycles. The van der Waals surface area contributed by atoms with Crippen molar-refractivity contribution in [3.8, 4) is 0 Å². The Kier molecular flexibility index (Phi) is 3.79. The predicted octanol–water partition coefficient (Wildman–Crippen LogP) is -0.175. The molecule has 20 heavy (non-hydrogen) atoms. The number of nitrogens with two attached hydrogens (primary N) is 1. The molecule has 104 valence electrons. The second kappa shape index (κ2) is 5.52. The number of carbonyl (C=O) groups is 2. The molecule has 1 heterocycles. The molecule has 0 saturated heterocycles. The first-order valence-corrected chi connectivity index (χ1v) is 6.03. The van der Waals surface area contributed by atoms with Crippen molar-refractivity contribution in [1.82, 2.24) is 10.2 Å². The number of hydrogen-bond donors (Lipinski definition) is 3. The maximum absolute atomic E-state index is 11.9. The van der Waals surface area contributed by atoms with Crippen molar-refractivity contribution < 1.29 is 9.59 Å². The van der Waals surface area contributed by atoms with Crippen LogP contribution in [0.5, 0.6) is 0 Å². The molecule has 0 aromatic heterocycles. The second-order valence-corrected chi connectivity index (χ2v) is 4.41. The zero-order valence-corrected chi connectivity index (χ0v) is 11.0. The zero-order valence-electron chi connectivity index (χ0n) is 11.0. The molecule has 1 aliphatic rings. The number of nitrogens with one attached hydrogen (secondary N) is 2. The van der Waals surface area contributed by atoms with Gasteiger partial charge in [0, 0.05) is 13.5 Å². The van der Waals surface area contributed by atoms with Gasteiger partial charge in [-0.1, -0.05) is 30.3 Å². The second-order valence-electron chi connectivity index (χ2n) is 4.41. The summed E-state index contributed by atoms with van der Waals surface area (Å²) in [5, 5.41) is 9.57. The van der Waals surface area contributed by atoms with Gasteiger partial charge in [0.15, 0.2) is 6.04 Å². The van der Waals surface area contributed by atoms with Gasteiger partial charge in [0.1, 0.15) is 5.84 Å². The van der Waals surface area contributed by atoms with E-state index in [0.29, 0.717) is 0 Å². The van der Waals surface area contributed by atoms with Crippen molar-refractivity contribution in [3.05, 3.63) is 35.9 Å². The molecule has 7 heteroatoms. The van der Waals surface area contributed by atoms with Crippen LogP contribution >= 0.6 is 0 Å². The monoisotopic (exact) mass is 273 g/mol. The molecule has 2 rings (SSSR count). The average molecular weight is 273 g/mol. The third kappa shape index (κ3) is 2.82. The van der Waals surface area contributed by atoms with E-state index in [1.807, 2.05) is 30.3 Å². The Morgan fingerprint density at radius 1 is 1.45 bits per heavy atom. The molecule has 0 aliphatic carbocycles. The number of amidine groups is 1. The van der Waals surface area contributed by atoms with Crippen LogP contribution in [0.15, 0.2) is 35.3 Å². The Morgan fingerprint density at radius 2 is 2.10 bits per heavy atom. The van der Waals surface area contributed by atoms with E-state index in [1.165, 1.54) is 11.8 Å². The van der Waals surface area contributed by atoms with Gasteiger partial charge in [-0.15, -0.1) is 0 Å². The Hall–Kier alpha value is -2.70. The summed E-state index contributed by atoms with van der Waals surface area (Å²) in [6, 6.07) is 8.29. The third-order valence-corrected chi connectivity index (χ3v) is 2.92. The van der Waals surface area contributed by atoms with E-state index >= 15 is 0 Å². The number of hydrogen-bond acceptors (Lipinski definition) is 4. The summed E-state index contributed by atoms with van der Waals surface area (Å²) in [7, 11) is 0. The smallest absolute Gasteiger partial charge is 0.257 e. The lowest BCUT2D eigenvalue weighted by Crippen LogP contribution is -2.59.